The summed E-state index contributed by atoms with van der Waals surface area (Å²) in [4.78, 5) is 2.44. The van der Waals surface area contributed by atoms with Crippen molar-refractivity contribution in [2.24, 2.45) is 5.92 Å². The van der Waals surface area contributed by atoms with E-state index in [1.165, 1.54) is 25.9 Å². The third kappa shape index (κ3) is 2.11. The Labute approximate surface area is 113 Å². The second kappa shape index (κ2) is 4.72. The molecule has 3 saturated heterocycles. The molecule has 0 amide bonds. The number of fused-ring (bicyclic) bond motifs is 3. The molecule has 2 bridgehead atoms. The minimum absolute atomic E-state index is 0.181. The molecular weight excluding hydrogens is 248 g/mol. The lowest BCUT2D eigenvalue weighted by Gasteiger charge is -2.53. The third-order valence-electron chi connectivity index (χ3n) is 4.37. The van der Waals surface area contributed by atoms with E-state index in [0.717, 1.165) is 17.3 Å². The number of aliphatic hydroxyl groups excluding tert-OH is 1. The molecule has 1 atom stereocenters. The van der Waals surface area contributed by atoms with Crippen LogP contribution in [0.1, 0.15) is 12.8 Å². The van der Waals surface area contributed by atoms with Crippen LogP contribution < -0.4 is 5.32 Å². The van der Waals surface area contributed by atoms with Crippen LogP contribution in [0.4, 0.5) is 5.69 Å². The van der Waals surface area contributed by atoms with Crippen LogP contribution in [0.15, 0.2) is 24.3 Å². The number of benzene rings is 1. The van der Waals surface area contributed by atoms with Crippen LogP contribution >= 0.6 is 11.6 Å². The number of hydrogen-bond donors (Lipinski definition) is 2. The molecule has 0 saturated carbocycles. The minimum atomic E-state index is -0.193. The van der Waals surface area contributed by atoms with Gasteiger partial charge in [-0.15, -0.1) is 0 Å². The smallest absolute Gasteiger partial charge is 0.0759 e. The number of nitrogens with zero attached hydrogens (tertiary/aromatic N) is 1. The Morgan fingerprint density at radius 2 is 2.17 bits per heavy atom. The van der Waals surface area contributed by atoms with Crippen molar-refractivity contribution >= 4 is 17.3 Å². The fourth-order valence-electron chi connectivity index (χ4n) is 3.39. The van der Waals surface area contributed by atoms with Crippen molar-refractivity contribution in [3.63, 3.8) is 0 Å². The molecule has 1 unspecified atom stereocenters. The van der Waals surface area contributed by atoms with Gasteiger partial charge in [-0.2, -0.15) is 0 Å². The van der Waals surface area contributed by atoms with Crippen LogP contribution in [0.3, 0.4) is 0 Å². The van der Waals surface area contributed by atoms with Gasteiger partial charge < -0.3 is 15.3 Å². The zero-order valence-electron chi connectivity index (χ0n) is 10.4. The van der Waals surface area contributed by atoms with Gasteiger partial charge in [0.1, 0.15) is 0 Å². The summed E-state index contributed by atoms with van der Waals surface area (Å²) in [6, 6.07) is 7.75. The number of rotatable bonds is 3. The van der Waals surface area contributed by atoms with Crippen molar-refractivity contribution < 1.29 is 5.11 Å². The summed E-state index contributed by atoms with van der Waals surface area (Å²) in [5.41, 5.74) is 0.812. The molecule has 1 aromatic carbocycles. The van der Waals surface area contributed by atoms with Crippen LogP contribution in [0.5, 0.6) is 0 Å². The van der Waals surface area contributed by atoms with Crippen LogP contribution in [-0.4, -0.2) is 41.8 Å². The Morgan fingerprint density at radius 3 is 2.72 bits per heavy atom. The van der Waals surface area contributed by atoms with Crippen LogP contribution in [0.2, 0.25) is 5.02 Å². The van der Waals surface area contributed by atoms with E-state index >= 15 is 0 Å². The summed E-state index contributed by atoms with van der Waals surface area (Å²) in [5, 5.41) is 14.1. The SMILES string of the molecule is OCC1(Nc2cccc(Cl)c2)CN2CCC1CC2. The van der Waals surface area contributed by atoms with Crippen molar-refractivity contribution in [1.29, 1.82) is 0 Å². The lowest BCUT2D eigenvalue weighted by atomic mass is 9.73. The monoisotopic (exact) mass is 266 g/mol. The van der Waals surface area contributed by atoms with Crippen molar-refractivity contribution in [2.75, 3.05) is 31.6 Å². The van der Waals surface area contributed by atoms with Crippen molar-refractivity contribution in [3.8, 4) is 0 Å². The zero-order valence-corrected chi connectivity index (χ0v) is 11.2. The Bertz CT molecular complexity index is 432. The molecule has 3 nitrogen and oxygen atoms in total. The first kappa shape index (κ1) is 12.3. The topological polar surface area (TPSA) is 35.5 Å². The number of hydrogen-bond acceptors (Lipinski definition) is 3. The molecule has 3 aliphatic heterocycles. The number of piperidine rings is 3. The molecular formula is C14H19ClN2O. The first-order valence-corrected chi connectivity index (χ1v) is 6.97. The summed E-state index contributed by atoms with van der Waals surface area (Å²) < 4.78 is 0. The van der Waals surface area contributed by atoms with Gasteiger partial charge in [-0.05, 0) is 50.0 Å². The highest BCUT2D eigenvalue weighted by atomic mass is 35.5. The summed E-state index contributed by atoms with van der Waals surface area (Å²) in [6.45, 7) is 3.45. The quantitative estimate of drug-likeness (QED) is 0.881. The molecule has 0 spiro atoms. The fraction of sp³-hybridized carbons (Fsp3) is 0.571. The van der Waals surface area contributed by atoms with E-state index in [4.69, 9.17) is 11.6 Å². The van der Waals surface area contributed by atoms with Crippen LogP contribution in [0, 0.1) is 5.92 Å². The Morgan fingerprint density at radius 1 is 1.39 bits per heavy atom. The van der Waals surface area contributed by atoms with Crippen molar-refractivity contribution in [3.05, 3.63) is 29.3 Å². The number of halogens is 1. The Hall–Kier alpha value is -0.770. The van der Waals surface area contributed by atoms with E-state index < -0.39 is 0 Å². The lowest BCUT2D eigenvalue weighted by Crippen LogP contribution is -2.64. The first-order valence-electron chi connectivity index (χ1n) is 6.59. The maximum Gasteiger partial charge on any atom is 0.0759 e. The summed E-state index contributed by atoms with van der Waals surface area (Å²) in [6.07, 6.45) is 2.35. The molecule has 2 N–H and O–H groups in total. The second-order valence-corrected chi connectivity index (χ2v) is 5.94. The van der Waals surface area contributed by atoms with Gasteiger partial charge in [0, 0.05) is 17.3 Å². The molecule has 3 fully saturated rings. The maximum atomic E-state index is 9.87. The fourth-order valence-corrected chi connectivity index (χ4v) is 3.58. The lowest BCUT2D eigenvalue weighted by molar-refractivity contribution is 0.00918. The molecule has 4 heteroatoms. The Balaban J connectivity index is 1.84. The van der Waals surface area contributed by atoms with E-state index in [-0.39, 0.29) is 12.1 Å². The van der Waals surface area contributed by atoms with E-state index in [0.29, 0.717) is 5.92 Å². The molecule has 0 aromatic heterocycles. The van der Waals surface area contributed by atoms with Gasteiger partial charge in [0.05, 0.1) is 12.1 Å². The van der Waals surface area contributed by atoms with Crippen LogP contribution in [0.25, 0.3) is 0 Å². The number of aliphatic hydroxyl groups is 1. The van der Waals surface area contributed by atoms with E-state index in [1.54, 1.807) is 0 Å². The largest absolute Gasteiger partial charge is 0.394 e. The first-order chi connectivity index (χ1) is 8.72. The van der Waals surface area contributed by atoms with Gasteiger partial charge in [0.15, 0.2) is 0 Å². The summed E-state index contributed by atoms with van der Waals surface area (Å²) >= 11 is 6.02. The van der Waals surface area contributed by atoms with Gasteiger partial charge in [-0.1, -0.05) is 17.7 Å². The third-order valence-corrected chi connectivity index (χ3v) is 4.61. The van der Waals surface area contributed by atoms with E-state index in [9.17, 15) is 5.11 Å². The molecule has 4 rings (SSSR count). The van der Waals surface area contributed by atoms with Crippen molar-refractivity contribution in [1.82, 2.24) is 4.90 Å². The number of anilines is 1. The Kier molecular flexibility index (Phi) is 3.22. The molecule has 3 heterocycles. The predicted molar refractivity (Wildman–Crippen MR) is 74.1 cm³/mol. The summed E-state index contributed by atoms with van der Waals surface area (Å²) in [7, 11) is 0. The van der Waals surface area contributed by atoms with Crippen LogP contribution in [-0.2, 0) is 0 Å². The van der Waals surface area contributed by atoms with Gasteiger partial charge in [-0.25, -0.2) is 0 Å². The van der Waals surface area contributed by atoms with Crippen molar-refractivity contribution in [2.45, 2.75) is 18.4 Å². The summed E-state index contributed by atoms with van der Waals surface area (Å²) in [5.74, 6) is 0.562. The normalized spacial score (nSPS) is 34.6. The molecule has 3 aliphatic rings. The van der Waals surface area contributed by atoms with Gasteiger partial charge >= 0.3 is 0 Å². The number of nitrogens with one attached hydrogen (secondary N) is 1. The molecule has 98 valence electrons. The van der Waals surface area contributed by atoms with Gasteiger partial charge in [0.25, 0.3) is 0 Å². The van der Waals surface area contributed by atoms with Gasteiger partial charge in [0.2, 0.25) is 0 Å². The molecule has 0 radical (unpaired) electrons. The second-order valence-electron chi connectivity index (χ2n) is 5.50. The average molecular weight is 267 g/mol. The minimum Gasteiger partial charge on any atom is -0.394 e. The van der Waals surface area contributed by atoms with E-state index in [2.05, 4.69) is 10.2 Å². The molecule has 1 aromatic rings. The highest BCUT2D eigenvalue weighted by molar-refractivity contribution is 6.30. The zero-order chi connectivity index (χ0) is 12.6. The highest BCUT2D eigenvalue weighted by Gasteiger charge is 2.46. The average Bonchev–Trinajstić information content (AvgIpc) is 2.40. The maximum absolute atomic E-state index is 9.87. The van der Waals surface area contributed by atoms with E-state index in [1.807, 2.05) is 24.3 Å². The van der Waals surface area contributed by atoms with Gasteiger partial charge in [-0.3, -0.25) is 0 Å². The molecule has 18 heavy (non-hydrogen) atoms. The predicted octanol–water partition coefficient (Wildman–Crippen LogP) is 2.21. The standard InChI is InChI=1S/C14H19ClN2O/c15-12-2-1-3-13(8-12)16-14(10-18)9-17-6-4-11(14)5-7-17/h1-3,8,11,16,18H,4-7,9-10H2. The molecule has 0 aliphatic carbocycles. The highest BCUT2D eigenvalue weighted by Crippen LogP contribution is 2.38.